The number of unbranched alkanes of at least 4 members (excludes halogenated alkanes) is 5. The highest BCUT2D eigenvalue weighted by molar-refractivity contribution is 5.69. The van der Waals surface area contributed by atoms with Gasteiger partial charge in [0.05, 0.1) is 6.61 Å². The molecule has 1 aliphatic carbocycles. The van der Waals surface area contributed by atoms with Crippen LogP contribution in [0.2, 0.25) is 0 Å². The van der Waals surface area contributed by atoms with Gasteiger partial charge in [0.1, 0.15) is 12.4 Å². The quantitative estimate of drug-likeness (QED) is 0.294. The summed E-state index contributed by atoms with van der Waals surface area (Å²) in [6, 6.07) is 7.88. The molecule has 0 bridgehead atoms. The van der Waals surface area contributed by atoms with Crippen molar-refractivity contribution in [2.75, 3.05) is 13.2 Å². The second-order valence-corrected chi connectivity index (χ2v) is 7.19. The van der Waals surface area contributed by atoms with E-state index in [4.69, 9.17) is 9.47 Å². The Morgan fingerprint density at radius 1 is 1.04 bits per heavy atom. The lowest BCUT2D eigenvalue weighted by Crippen LogP contribution is -2.03. The molecule has 0 aromatic heterocycles. The van der Waals surface area contributed by atoms with Gasteiger partial charge in [-0.25, -0.2) is 0 Å². The van der Waals surface area contributed by atoms with E-state index < -0.39 is 0 Å². The molecule has 0 spiro atoms. The number of hydrogen-bond acceptors (Lipinski definition) is 3. The molecule has 0 atom stereocenters. The molecular formula is C23H34O3. The van der Waals surface area contributed by atoms with E-state index in [9.17, 15) is 4.79 Å². The monoisotopic (exact) mass is 358 g/mol. The fourth-order valence-corrected chi connectivity index (χ4v) is 3.06. The largest absolute Gasteiger partial charge is 0.494 e. The van der Waals surface area contributed by atoms with Gasteiger partial charge in [-0.15, -0.1) is 0 Å². The summed E-state index contributed by atoms with van der Waals surface area (Å²) in [5.41, 5.74) is 1.08. The summed E-state index contributed by atoms with van der Waals surface area (Å²) in [5, 5.41) is 0. The van der Waals surface area contributed by atoms with Gasteiger partial charge < -0.3 is 9.47 Å². The molecule has 1 saturated carbocycles. The summed E-state index contributed by atoms with van der Waals surface area (Å²) in [5.74, 6) is 1.85. The summed E-state index contributed by atoms with van der Waals surface area (Å²) in [6.07, 6.45) is 16.2. The maximum absolute atomic E-state index is 11.7. The molecule has 0 radical (unpaired) electrons. The van der Waals surface area contributed by atoms with Gasteiger partial charge in [-0.3, -0.25) is 4.79 Å². The second kappa shape index (κ2) is 12.6. The zero-order valence-electron chi connectivity index (χ0n) is 16.3. The lowest BCUT2D eigenvalue weighted by atomic mass is 10.1. The van der Waals surface area contributed by atoms with Crippen LogP contribution in [-0.4, -0.2) is 19.2 Å². The zero-order chi connectivity index (χ0) is 18.5. The predicted octanol–water partition coefficient (Wildman–Crippen LogP) is 6.17. The molecule has 1 aromatic carbocycles. The van der Waals surface area contributed by atoms with Gasteiger partial charge in [0, 0.05) is 6.42 Å². The first-order valence-corrected chi connectivity index (χ1v) is 10.3. The van der Waals surface area contributed by atoms with Gasteiger partial charge in [0.15, 0.2) is 0 Å². The molecule has 2 rings (SSSR count). The van der Waals surface area contributed by atoms with E-state index in [0.29, 0.717) is 19.6 Å². The van der Waals surface area contributed by atoms with Gasteiger partial charge >= 0.3 is 5.97 Å². The smallest absolute Gasteiger partial charge is 0.306 e. The third-order valence-corrected chi connectivity index (χ3v) is 4.78. The summed E-state index contributed by atoms with van der Waals surface area (Å²) in [6.45, 7) is 2.98. The molecule has 0 heterocycles. The number of carbonyl (C=O) groups is 1. The number of benzene rings is 1. The summed E-state index contributed by atoms with van der Waals surface area (Å²) >= 11 is 0. The molecule has 0 saturated heterocycles. The minimum absolute atomic E-state index is 0.0879. The van der Waals surface area contributed by atoms with Crippen LogP contribution >= 0.6 is 0 Å². The van der Waals surface area contributed by atoms with E-state index in [1.165, 1.54) is 44.9 Å². The topological polar surface area (TPSA) is 35.5 Å². The molecule has 144 valence electrons. The number of rotatable bonds is 14. The van der Waals surface area contributed by atoms with Crippen LogP contribution in [0.5, 0.6) is 5.75 Å². The third-order valence-electron chi connectivity index (χ3n) is 4.78. The number of hydrogen-bond donors (Lipinski definition) is 0. The second-order valence-electron chi connectivity index (χ2n) is 7.19. The van der Waals surface area contributed by atoms with Gasteiger partial charge in [-0.2, -0.15) is 0 Å². The molecule has 0 unspecified atom stereocenters. The maximum atomic E-state index is 11.7. The summed E-state index contributed by atoms with van der Waals surface area (Å²) in [7, 11) is 0. The van der Waals surface area contributed by atoms with Crippen LogP contribution in [0.1, 0.15) is 76.7 Å². The van der Waals surface area contributed by atoms with Crippen LogP contribution in [0.15, 0.2) is 30.3 Å². The van der Waals surface area contributed by atoms with Crippen molar-refractivity contribution >= 4 is 12.0 Å². The van der Waals surface area contributed by atoms with Gasteiger partial charge in [0.25, 0.3) is 0 Å². The zero-order valence-corrected chi connectivity index (χ0v) is 16.3. The first-order valence-electron chi connectivity index (χ1n) is 10.3. The molecule has 0 amide bonds. The van der Waals surface area contributed by atoms with E-state index in [1.54, 1.807) is 0 Å². The molecule has 1 fully saturated rings. The van der Waals surface area contributed by atoms with Gasteiger partial charge in [0.2, 0.25) is 0 Å². The van der Waals surface area contributed by atoms with Crippen molar-refractivity contribution in [3.63, 3.8) is 0 Å². The van der Waals surface area contributed by atoms with Gasteiger partial charge in [-0.1, -0.05) is 69.6 Å². The Morgan fingerprint density at radius 2 is 1.73 bits per heavy atom. The van der Waals surface area contributed by atoms with E-state index in [1.807, 2.05) is 43.3 Å². The highest BCUT2D eigenvalue weighted by Crippen LogP contribution is 2.34. The molecule has 26 heavy (non-hydrogen) atoms. The van der Waals surface area contributed by atoms with Crippen LogP contribution in [0.25, 0.3) is 6.08 Å². The summed E-state index contributed by atoms with van der Waals surface area (Å²) < 4.78 is 10.7. The van der Waals surface area contributed by atoms with E-state index in [0.717, 1.165) is 30.1 Å². The molecule has 1 aliphatic rings. The number of esters is 1. The molecular weight excluding hydrogens is 324 g/mol. The van der Waals surface area contributed by atoms with Crippen LogP contribution in [-0.2, 0) is 9.53 Å². The van der Waals surface area contributed by atoms with Crippen molar-refractivity contribution in [2.45, 2.75) is 71.1 Å². The maximum Gasteiger partial charge on any atom is 0.306 e. The van der Waals surface area contributed by atoms with Crippen molar-refractivity contribution in [1.82, 2.24) is 0 Å². The molecule has 3 nitrogen and oxygen atoms in total. The molecule has 0 N–H and O–H groups in total. The third kappa shape index (κ3) is 9.65. The Morgan fingerprint density at radius 3 is 2.42 bits per heavy atom. The van der Waals surface area contributed by atoms with Gasteiger partial charge in [-0.05, 0) is 43.0 Å². The van der Waals surface area contributed by atoms with Crippen LogP contribution in [0.4, 0.5) is 0 Å². The minimum atomic E-state index is -0.0879. The Labute approximate surface area is 158 Å². The van der Waals surface area contributed by atoms with Crippen molar-refractivity contribution in [2.24, 2.45) is 5.92 Å². The van der Waals surface area contributed by atoms with Crippen molar-refractivity contribution in [3.05, 3.63) is 35.9 Å². The standard InChI is InChI=1S/C23H34O3/c1-2-25-22-17-15-21(16-18-22)11-9-19-26-23(24)12-8-6-4-3-5-7-10-20-13-14-20/h9,11,15-18,20H,2-8,10,12-14,19H2,1H3/b11-9+. The van der Waals surface area contributed by atoms with E-state index in [-0.39, 0.29) is 5.97 Å². The first-order chi connectivity index (χ1) is 12.8. The lowest BCUT2D eigenvalue weighted by Gasteiger charge is -2.03. The van der Waals surface area contributed by atoms with Crippen LogP contribution < -0.4 is 4.74 Å². The molecule has 1 aromatic rings. The highest BCUT2D eigenvalue weighted by atomic mass is 16.5. The van der Waals surface area contributed by atoms with Crippen LogP contribution in [0, 0.1) is 5.92 Å². The van der Waals surface area contributed by atoms with Crippen molar-refractivity contribution < 1.29 is 14.3 Å². The van der Waals surface area contributed by atoms with Crippen LogP contribution in [0.3, 0.4) is 0 Å². The van der Waals surface area contributed by atoms with Crippen molar-refractivity contribution in [1.29, 1.82) is 0 Å². The minimum Gasteiger partial charge on any atom is -0.494 e. The SMILES string of the molecule is CCOc1ccc(/C=C/COC(=O)CCCCCCCCC2CC2)cc1. The Hall–Kier alpha value is -1.77. The normalized spacial score (nSPS) is 13.9. The molecule has 3 heteroatoms. The average molecular weight is 359 g/mol. The predicted molar refractivity (Wildman–Crippen MR) is 107 cm³/mol. The Balaban J connectivity index is 1.43. The Bertz CT molecular complexity index is 529. The highest BCUT2D eigenvalue weighted by Gasteiger charge is 2.19. The number of ether oxygens (including phenoxy) is 2. The molecule has 0 aliphatic heterocycles. The fourth-order valence-electron chi connectivity index (χ4n) is 3.06. The van der Waals surface area contributed by atoms with Crippen molar-refractivity contribution in [3.8, 4) is 5.75 Å². The van der Waals surface area contributed by atoms with E-state index >= 15 is 0 Å². The van der Waals surface area contributed by atoms with E-state index in [2.05, 4.69) is 0 Å². The Kier molecular flexibility index (Phi) is 9.92. The number of carbonyl (C=O) groups excluding carboxylic acids is 1. The average Bonchev–Trinajstić information content (AvgIpc) is 3.47. The first kappa shape index (κ1) is 20.5. The summed E-state index contributed by atoms with van der Waals surface area (Å²) in [4.78, 5) is 11.7. The lowest BCUT2D eigenvalue weighted by molar-refractivity contribution is -0.142. The fraction of sp³-hybridized carbons (Fsp3) is 0.609.